The Morgan fingerprint density at radius 1 is 1.33 bits per heavy atom. The lowest BCUT2D eigenvalue weighted by Crippen LogP contribution is -1.89. The number of rotatable bonds is 2. The summed E-state index contributed by atoms with van der Waals surface area (Å²) < 4.78 is 2.54. The van der Waals surface area contributed by atoms with Gasteiger partial charge in [0, 0.05) is 20.5 Å². The minimum Gasteiger partial charge on any atom is -0.237 e. The van der Waals surface area contributed by atoms with E-state index >= 15 is 0 Å². The molecule has 1 aromatic carbocycles. The minimum absolute atomic E-state index is 0.519. The third-order valence-corrected chi connectivity index (χ3v) is 4.40. The summed E-state index contributed by atoms with van der Waals surface area (Å²) in [6.07, 6.45) is 3.35. The van der Waals surface area contributed by atoms with Crippen molar-refractivity contribution in [1.82, 2.24) is 9.61 Å². The van der Waals surface area contributed by atoms with Gasteiger partial charge in [-0.2, -0.15) is 10.4 Å². The van der Waals surface area contributed by atoms with Crippen molar-refractivity contribution in [3.63, 3.8) is 0 Å². The van der Waals surface area contributed by atoms with Gasteiger partial charge >= 0.3 is 0 Å². The van der Waals surface area contributed by atoms with Crippen LogP contribution in [0.4, 0.5) is 5.69 Å². The number of hydrogen-bond donors (Lipinski definition) is 0. The summed E-state index contributed by atoms with van der Waals surface area (Å²) in [6.45, 7) is 7.24. The normalized spacial score (nSPS) is 10.2. The molecule has 3 aromatic rings. The molecule has 0 spiro atoms. The predicted octanol–water partition coefficient (Wildman–Crippen LogP) is 4.67. The molecule has 0 bridgehead atoms. The van der Waals surface area contributed by atoms with E-state index in [0.717, 1.165) is 19.8 Å². The number of fused-ring (bicyclic) bond motifs is 1. The highest BCUT2D eigenvalue weighted by Crippen LogP contribution is 2.38. The largest absolute Gasteiger partial charge is 0.237 e. The Labute approximate surface area is 134 Å². The van der Waals surface area contributed by atoms with Crippen LogP contribution in [0.3, 0.4) is 0 Å². The number of aromatic nitrogens is 2. The first kappa shape index (κ1) is 13.7. The van der Waals surface area contributed by atoms with Crippen LogP contribution in [0.5, 0.6) is 0 Å². The number of halogens is 1. The summed E-state index contributed by atoms with van der Waals surface area (Å²) in [5.74, 6) is 0. The molecule has 6 heteroatoms. The van der Waals surface area contributed by atoms with E-state index in [-0.39, 0.29) is 0 Å². The molecule has 0 unspecified atom stereocenters. The smallest absolute Gasteiger partial charge is 0.200 e. The molecule has 0 saturated heterocycles. The van der Waals surface area contributed by atoms with Crippen LogP contribution in [-0.2, 0) is 0 Å². The van der Waals surface area contributed by atoms with Crippen molar-refractivity contribution in [2.45, 2.75) is 9.79 Å². The Morgan fingerprint density at radius 2 is 2.14 bits per heavy atom. The van der Waals surface area contributed by atoms with Crippen molar-refractivity contribution in [3.05, 3.63) is 64.2 Å². The summed E-state index contributed by atoms with van der Waals surface area (Å²) in [4.78, 5) is 5.27. The second kappa shape index (κ2) is 5.61. The van der Waals surface area contributed by atoms with E-state index in [4.69, 9.17) is 6.57 Å². The van der Waals surface area contributed by atoms with Gasteiger partial charge in [-0.15, -0.1) is 0 Å². The van der Waals surface area contributed by atoms with Crippen molar-refractivity contribution in [2.75, 3.05) is 0 Å². The van der Waals surface area contributed by atoms with Crippen molar-refractivity contribution in [2.24, 2.45) is 0 Å². The van der Waals surface area contributed by atoms with E-state index in [1.54, 1.807) is 23.0 Å². The fourth-order valence-corrected chi connectivity index (χ4v) is 3.63. The molecule has 0 N–H and O–H groups in total. The van der Waals surface area contributed by atoms with Crippen LogP contribution >= 0.6 is 27.7 Å². The number of nitriles is 1. The maximum Gasteiger partial charge on any atom is 0.200 e. The fourth-order valence-electron chi connectivity index (χ4n) is 1.97. The first-order chi connectivity index (χ1) is 10.2. The SMILES string of the molecule is [C-]#[N+]c1ccccc1Sc1cc(Br)cn2ncc(C#N)c12. The van der Waals surface area contributed by atoms with E-state index in [9.17, 15) is 5.26 Å². The third kappa shape index (κ3) is 2.52. The van der Waals surface area contributed by atoms with Crippen LogP contribution in [0, 0.1) is 17.9 Å². The number of nitrogens with zero attached hydrogens (tertiary/aromatic N) is 4. The van der Waals surface area contributed by atoms with Crippen LogP contribution in [0.25, 0.3) is 10.4 Å². The first-order valence-corrected chi connectivity index (χ1v) is 7.55. The summed E-state index contributed by atoms with van der Waals surface area (Å²) >= 11 is 4.91. The number of benzene rings is 1. The Hall–Kier alpha value is -2.28. The topological polar surface area (TPSA) is 45.5 Å². The highest BCUT2D eigenvalue weighted by Gasteiger charge is 2.13. The molecule has 0 aliphatic heterocycles. The van der Waals surface area contributed by atoms with Gasteiger partial charge in [-0.1, -0.05) is 36.0 Å². The lowest BCUT2D eigenvalue weighted by Gasteiger charge is -2.07. The molecule has 21 heavy (non-hydrogen) atoms. The van der Waals surface area contributed by atoms with Gasteiger partial charge in [-0.3, -0.25) is 0 Å². The van der Waals surface area contributed by atoms with Crippen LogP contribution in [0.1, 0.15) is 5.56 Å². The van der Waals surface area contributed by atoms with Gasteiger partial charge in [0.1, 0.15) is 6.07 Å². The maximum absolute atomic E-state index is 9.21. The maximum atomic E-state index is 9.21. The highest BCUT2D eigenvalue weighted by atomic mass is 79.9. The van der Waals surface area contributed by atoms with E-state index in [1.807, 2.05) is 24.3 Å². The van der Waals surface area contributed by atoms with Crippen LogP contribution in [0.2, 0.25) is 0 Å². The van der Waals surface area contributed by atoms with Crippen LogP contribution < -0.4 is 0 Å². The molecule has 2 heterocycles. The molecule has 0 fully saturated rings. The zero-order chi connectivity index (χ0) is 14.8. The van der Waals surface area contributed by atoms with Crippen LogP contribution in [-0.4, -0.2) is 9.61 Å². The van der Waals surface area contributed by atoms with E-state index in [1.165, 1.54) is 11.8 Å². The van der Waals surface area contributed by atoms with Crippen molar-refractivity contribution in [3.8, 4) is 6.07 Å². The molecule has 0 aliphatic rings. The summed E-state index contributed by atoms with van der Waals surface area (Å²) in [5.41, 5.74) is 1.87. The second-order valence-electron chi connectivity index (χ2n) is 4.17. The number of hydrogen-bond acceptors (Lipinski definition) is 3. The van der Waals surface area contributed by atoms with Gasteiger partial charge in [0.2, 0.25) is 5.69 Å². The number of para-hydroxylation sites is 1. The molecule has 0 radical (unpaired) electrons. The standard InChI is InChI=1S/C15H7BrN4S/c1-18-12-4-2-3-5-13(12)21-14-6-11(16)9-20-15(14)10(7-17)8-19-20/h2-6,8-9H. The third-order valence-electron chi connectivity index (χ3n) is 2.87. The van der Waals surface area contributed by atoms with Gasteiger partial charge in [0.25, 0.3) is 0 Å². The summed E-state index contributed by atoms with van der Waals surface area (Å²) in [6, 6.07) is 11.5. The van der Waals surface area contributed by atoms with E-state index < -0.39 is 0 Å². The molecule has 100 valence electrons. The summed E-state index contributed by atoms with van der Waals surface area (Å²) in [5, 5.41) is 13.4. The zero-order valence-electron chi connectivity index (χ0n) is 10.6. The molecular weight excluding hydrogens is 348 g/mol. The molecule has 3 rings (SSSR count). The van der Waals surface area contributed by atoms with Crippen molar-refractivity contribution in [1.29, 1.82) is 5.26 Å². The lowest BCUT2D eigenvalue weighted by molar-refractivity contribution is 0.944. The lowest BCUT2D eigenvalue weighted by atomic mass is 10.3. The summed E-state index contributed by atoms with van der Waals surface area (Å²) in [7, 11) is 0. The average molecular weight is 355 g/mol. The minimum atomic E-state index is 0.519. The number of pyridine rings is 1. The molecule has 4 nitrogen and oxygen atoms in total. The first-order valence-electron chi connectivity index (χ1n) is 5.94. The molecule has 0 atom stereocenters. The molecule has 0 aliphatic carbocycles. The molecule has 2 aromatic heterocycles. The predicted molar refractivity (Wildman–Crippen MR) is 84.4 cm³/mol. The van der Waals surface area contributed by atoms with Gasteiger partial charge in [0.05, 0.1) is 23.8 Å². The van der Waals surface area contributed by atoms with E-state index in [2.05, 4.69) is 31.9 Å². The highest BCUT2D eigenvalue weighted by molar-refractivity contribution is 9.10. The van der Waals surface area contributed by atoms with Gasteiger partial charge in [-0.05, 0) is 22.0 Å². The molecular formula is C15H7BrN4S. The van der Waals surface area contributed by atoms with Crippen molar-refractivity contribution >= 4 is 38.9 Å². The monoisotopic (exact) mass is 354 g/mol. The Morgan fingerprint density at radius 3 is 2.90 bits per heavy atom. The Bertz CT molecular complexity index is 918. The zero-order valence-corrected chi connectivity index (χ0v) is 13.0. The second-order valence-corrected chi connectivity index (χ2v) is 6.17. The van der Waals surface area contributed by atoms with Crippen molar-refractivity contribution < 1.29 is 0 Å². The Balaban J connectivity index is 2.19. The van der Waals surface area contributed by atoms with E-state index in [0.29, 0.717) is 11.3 Å². The van der Waals surface area contributed by atoms with Gasteiger partial charge < -0.3 is 0 Å². The quantitative estimate of drug-likeness (QED) is 0.628. The fraction of sp³-hybridized carbons (Fsp3) is 0. The van der Waals surface area contributed by atoms with Crippen LogP contribution in [0.15, 0.2) is 57.0 Å². The molecule has 0 amide bonds. The molecule has 0 saturated carbocycles. The van der Waals surface area contributed by atoms with Gasteiger partial charge in [0.15, 0.2) is 0 Å². The van der Waals surface area contributed by atoms with Gasteiger partial charge in [-0.25, -0.2) is 9.36 Å². The Kier molecular flexibility index (Phi) is 3.66. The average Bonchev–Trinajstić information content (AvgIpc) is 2.90.